The molecule has 25 heavy (non-hydrogen) atoms. The van der Waals surface area contributed by atoms with Crippen molar-refractivity contribution in [3.05, 3.63) is 35.1 Å². The van der Waals surface area contributed by atoms with Crippen LogP contribution in [-0.4, -0.2) is 42.1 Å². The molecule has 4 N–H and O–H groups in total. The highest BCUT2D eigenvalue weighted by Gasteiger charge is 2.32. The Balaban J connectivity index is 1.54. The van der Waals surface area contributed by atoms with Crippen molar-refractivity contribution in [1.29, 1.82) is 0 Å². The van der Waals surface area contributed by atoms with Gasteiger partial charge >= 0.3 is 6.09 Å². The van der Waals surface area contributed by atoms with Gasteiger partial charge in [-0.2, -0.15) is 0 Å². The van der Waals surface area contributed by atoms with Gasteiger partial charge in [-0.3, -0.25) is 10.3 Å². The highest BCUT2D eigenvalue weighted by atomic mass is 32.1. The van der Waals surface area contributed by atoms with Crippen LogP contribution in [0.2, 0.25) is 0 Å². The molecular weight excluding hydrogens is 349 g/mol. The van der Waals surface area contributed by atoms with E-state index in [2.05, 4.69) is 21.2 Å². The van der Waals surface area contributed by atoms with Crippen molar-refractivity contribution >= 4 is 33.9 Å². The number of nitrogens with one attached hydrogen (secondary N) is 3. The van der Waals surface area contributed by atoms with Crippen LogP contribution in [0.3, 0.4) is 0 Å². The van der Waals surface area contributed by atoms with Crippen LogP contribution in [-0.2, 0) is 4.74 Å². The molecule has 134 valence electrons. The van der Waals surface area contributed by atoms with Gasteiger partial charge in [0.05, 0.1) is 36.9 Å². The number of aromatic nitrogens is 1. The summed E-state index contributed by atoms with van der Waals surface area (Å²) in [5, 5.41) is 14.6. The number of benzene rings is 1. The molecule has 0 aliphatic carbocycles. The van der Waals surface area contributed by atoms with E-state index < -0.39 is 18.0 Å². The van der Waals surface area contributed by atoms with Gasteiger partial charge in [-0.05, 0) is 25.1 Å². The first-order valence-electron chi connectivity index (χ1n) is 7.60. The molecule has 10 heteroatoms. The molecule has 1 amide bonds. The first kappa shape index (κ1) is 17.4. The van der Waals surface area contributed by atoms with E-state index in [0.29, 0.717) is 11.4 Å². The number of nitrogens with zero attached hydrogens (tertiary/aromatic N) is 2. The van der Waals surface area contributed by atoms with Crippen molar-refractivity contribution in [1.82, 2.24) is 10.4 Å². The largest absolute Gasteiger partial charge is 0.441 e. The maximum Gasteiger partial charge on any atom is 0.414 e. The highest BCUT2D eigenvalue weighted by Crippen LogP contribution is 2.25. The maximum atomic E-state index is 14.2. The minimum Gasteiger partial charge on any atom is -0.441 e. The fraction of sp³-hybridized carbons (Fsp3) is 0.333. The second-order valence-corrected chi connectivity index (χ2v) is 6.27. The summed E-state index contributed by atoms with van der Waals surface area (Å²) in [5.41, 5.74) is 7.39. The van der Waals surface area contributed by atoms with Gasteiger partial charge in [-0.15, -0.1) is 11.3 Å². The number of hydrogen-bond acceptors (Lipinski definition) is 8. The summed E-state index contributed by atoms with van der Waals surface area (Å²) in [5.74, 6) is -0.496. The van der Waals surface area contributed by atoms with Crippen molar-refractivity contribution in [3.63, 3.8) is 0 Å². The van der Waals surface area contributed by atoms with E-state index in [-0.39, 0.29) is 19.8 Å². The quantitative estimate of drug-likeness (QED) is 0.337. The van der Waals surface area contributed by atoms with Crippen LogP contribution < -0.4 is 21.1 Å². The Labute approximate surface area is 147 Å². The Kier molecular flexibility index (Phi) is 5.31. The molecule has 3 rings (SSSR count). The topological polar surface area (TPSA) is 98.8 Å². The number of anilines is 3. The number of aliphatic hydroxyl groups is 1. The van der Waals surface area contributed by atoms with Crippen molar-refractivity contribution in [2.45, 2.75) is 13.0 Å². The summed E-state index contributed by atoms with van der Waals surface area (Å²) in [6.07, 6.45) is -1.18. The highest BCUT2D eigenvalue weighted by molar-refractivity contribution is 7.13. The second-order valence-electron chi connectivity index (χ2n) is 5.41. The minimum atomic E-state index is -0.594. The van der Waals surface area contributed by atoms with Gasteiger partial charge in [0.15, 0.2) is 5.13 Å². The van der Waals surface area contributed by atoms with E-state index in [4.69, 9.17) is 9.84 Å². The predicted octanol–water partition coefficient (Wildman–Crippen LogP) is 1.89. The number of hydrogen-bond donors (Lipinski definition) is 4. The molecule has 1 aliphatic rings. The lowest BCUT2D eigenvalue weighted by atomic mass is 10.2. The standard InChI is InChI=1S/C15H18FN5O3S/c1-9-7-25-14(19-9)20-18-8-17-13-3-2-10(4-12(13)16)21-5-11(6-22)24-15(21)23/h2-4,7,11,17-18,22H,5-6,8H2,1H3,(H,19,20)/t11-/m1/s1. The molecule has 0 unspecified atom stereocenters. The summed E-state index contributed by atoms with van der Waals surface area (Å²) in [4.78, 5) is 17.2. The van der Waals surface area contributed by atoms with E-state index in [9.17, 15) is 9.18 Å². The molecule has 1 fully saturated rings. The zero-order valence-electron chi connectivity index (χ0n) is 13.5. The predicted molar refractivity (Wildman–Crippen MR) is 93.2 cm³/mol. The summed E-state index contributed by atoms with van der Waals surface area (Å²) < 4.78 is 19.2. The normalized spacial score (nSPS) is 16.8. The fourth-order valence-electron chi connectivity index (χ4n) is 2.31. The third-order valence-electron chi connectivity index (χ3n) is 3.52. The molecule has 8 nitrogen and oxygen atoms in total. The first-order chi connectivity index (χ1) is 12.1. The summed E-state index contributed by atoms with van der Waals surface area (Å²) in [7, 11) is 0. The SMILES string of the molecule is Cc1csc(NNCNc2ccc(N3C[C@H](CO)OC3=O)cc2F)n1. The van der Waals surface area contributed by atoms with Gasteiger partial charge in [0.1, 0.15) is 11.9 Å². The summed E-state index contributed by atoms with van der Waals surface area (Å²) >= 11 is 1.46. The lowest BCUT2D eigenvalue weighted by molar-refractivity contribution is 0.0963. The Bertz CT molecular complexity index is 757. The Morgan fingerprint density at radius 1 is 1.52 bits per heavy atom. The lowest BCUT2D eigenvalue weighted by Gasteiger charge is -2.15. The van der Waals surface area contributed by atoms with Crippen molar-refractivity contribution in [2.75, 3.05) is 35.5 Å². The minimum absolute atomic E-state index is 0.195. The van der Waals surface area contributed by atoms with E-state index in [1.165, 1.54) is 22.3 Å². The molecular formula is C15H18FN5O3S. The number of hydrazine groups is 1. The number of aliphatic hydroxyl groups excluding tert-OH is 1. The van der Waals surface area contributed by atoms with E-state index in [1.54, 1.807) is 12.1 Å². The maximum absolute atomic E-state index is 14.2. The van der Waals surface area contributed by atoms with Crippen LogP contribution in [0.15, 0.2) is 23.6 Å². The average molecular weight is 367 g/mol. The van der Waals surface area contributed by atoms with E-state index in [1.807, 2.05) is 12.3 Å². The number of ether oxygens (including phenoxy) is 1. The van der Waals surface area contributed by atoms with Crippen molar-refractivity contribution in [3.8, 4) is 0 Å². The van der Waals surface area contributed by atoms with Crippen LogP contribution >= 0.6 is 11.3 Å². The second kappa shape index (κ2) is 7.64. The Morgan fingerprint density at radius 2 is 2.36 bits per heavy atom. The molecule has 0 bridgehead atoms. The molecule has 2 aromatic rings. The molecule has 0 saturated carbocycles. The number of carbonyl (C=O) groups excluding carboxylic acids is 1. The van der Waals surface area contributed by atoms with E-state index in [0.717, 1.165) is 10.8 Å². The van der Waals surface area contributed by atoms with Crippen LogP contribution in [0, 0.1) is 12.7 Å². The number of thiazole rings is 1. The number of carbonyl (C=O) groups is 1. The molecule has 1 atom stereocenters. The van der Waals surface area contributed by atoms with Gasteiger partial charge in [0.2, 0.25) is 0 Å². The zero-order valence-corrected chi connectivity index (χ0v) is 14.3. The van der Waals surface area contributed by atoms with Gasteiger partial charge in [0, 0.05) is 5.38 Å². The van der Waals surface area contributed by atoms with Crippen LogP contribution in [0.1, 0.15) is 5.69 Å². The fourth-order valence-corrected chi connectivity index (χ4v) is 2.98. The lowest BCUT2D eigenvalue weighted by Crippen LogP contribution is -2.28. The smallest absolute Gasteiger partial charge is 0.414 e. The summed E-state index contributed by atoms with van der Waals surface area (Å²) in [6, 6.07) is 4.41. The number of rotatable bonds is 7. The molecule has 0 radical (unpaired) electrons. The molecule has 1 saturated heterocycles. The van der Waals surface area contributed by atoms with Crippen molar-refractivity contribution < 1.29 is 19.0 Å². The molecule has 1 aromatic heterocycles. The first-order valence-corrected chi connectivity index (χ1v) is 8.48. The third-order valence-corrected chi connectivity index (χ3v) is 4.40. The van der Waals surface area contributed by atoms with Crippen LogP contribution in [0.4, 0.5) is 25.7 Å². The Hall–Kier alpha value is -2.43. The van der Waals surface area contributed by atoms with Gasteiger partial charge in [-0.1, -0.05) is 0 Å². The van der Waals surface area contributed by atoms with Crippen molar-refractivity contribution in [2.24, 2.45) is 0 Å². The Morgan fingerprint density at radius 3 is 3.00 bits per heavy atom. The summed E-state index contributed by atoms with van der Waals surface area (Å²) in [6.45, 7) is 2.10. The van der Waals surface area contributed by atoms with Crippen LogP contribution in [0.5, 0.6) is 0 Å². The third kappa shape index (κ3) is 4.16. The number of aryl methyl sites for hydroxylation is 1. The molecule has 2 heterocycles. The molecule has 0 spiro atoms. The van der Waals surface area contributed by atoms with Gasteiger partial charge < -0.3 is 15.2 Å². The van der Waals surface area contributed by atoms with Gasteiger partial charge in [0.25, 0.3) is 0 Å². The van der Waals surface area contributed by atoms with Crippen LogP contribution in [0.25, 0.3) is 0 Å². The monoisotopic (exact) mass is 367 g/mol. The zero-order chi connectivity index (χ0) is 17.8. The molecule has 1 aromatic carbocycles. The number of cyclic esters (lactones) is 1. The number of halogens is 1. The van der Waals surface area contributed by atoms with Gasteiger partial charge in [-0.25, -0.2) is 19.6 Å². The van der Waals surface area contributed by atoms with E-state index >= 15 is 0 Å². The molecule has 1 aliphatic heterocycles. The number of amides is 1. The average Bonchev–Trinajstić information content (AvgIpc) is 3.18.